The van der Waals surface area contributed by atoms with Crippen LogP contribution in [0.25, 0.3) is 21.9 Å². The maximum Gasteiger partial charge on any atom is 0.0715 e. The lowest BCUT2D eigenvalue weighted by Crippen LogP contribution is -2.28. The number of aromatic nitrogens is 1. The van der Waals surface area contributed by atoms with E-state index in [0.717, 1.165) is 10.6 Å². The second-order valence-electron chi connectivity index (χ2n) is 7.72. The highest BCUT2D eigenvalue weighted by Crippen LogP contribution is 2.59. The summed E-state index contributed by atoms with van der Waals surface area (Å²) in [5.74, 6) is 0. The highest BCUT2D eigenvalue weighted by molar-refractivity contribution is 6.34. The van der Waals surface area contributed by atoms with Crippen LogP contribution < -0.4 is 0 Å². The van der Waals surface area contributed by atoms with Crippen molar-refractivity contribution in [1.82, 2.24) is 4.98 Å². The summed E-state index contributed by atoms with van der Waals surface area (Å²) < 4.78 is 0. The third-order valence-electron chi connectivity index (χ3n) is 6.32. The van der Waals surface area contributed by atoms with Gasteiger partial charge in [-0.3, -0.25) is 4.98 Å². The van der Waals surface area contributed by atoms with Gasteiger partial charge in [0, 0.05) is 23.0 Å². The van der Waals surface area contributed by atoms with Crippen LogP contribution in [0.15, 0.2) is 109 Å². The summed E-state index contributed by atoms with van der Waals surface area (Å²) in [6.45, 7) is 0. The Bertz CT molecular complexity index is 1350. The standard InChI is InChI=1S/C28H18ClN/c29-25-12-6-11-23-27(25)26-22-10-5-4-7-19(22)13-14-24(26)28(23,20-8-2-1-3-9-20)21-15-17-30-18-16-21/h1-18H. The molecule has 0 amide bonds. The van der Waals surface area contributed by atoms with E-state index in [4.69, 9.17) is 11.6 Å². The first-order chi connectivity index (χ1) is 14.8. The second-order valence-corrected chi connectivity index (χ2v) is 8.13. The van der Waals surface area contributed by atoms with Crippen LogP contribution in [0, 0.1) is 0 Å². The van der Waals surface area contributed by atoms with E-state index in [1.807, 2.05) is 18.5 Å². The van der Waals surface area contributed by atoms with E-state index < -0.39 is 5.41 Å². The first kappa shape index (κ1) is 17.4. The molecule has 1 aromatic heterocycles. The first-order valence-electron chi connectivity index (χ1n) is 10.1. The highest BCUT2D eigenvalue weighted by Gasteiger charge is 2.47. The third kappa shape index (κ3) is 2.21. The van der Waals surface area contributed by atoms with E-state index >= 15 is 0 Å². The van der Waals surface area contributed by atoms with Gasteiger partial charge in [-0.1, -0.05) is 90.5 Å². The first-order valence-corrected chi connectivity index (χ1v) is 10.5. The Balaban J connectivity index is 1.88. The van der Waals surface area contributed by atoms with Crippen molar-refractivity contribution in [3.05, 3.63) is 137 Å². The molecule has 1 atom stereocenters. The maximum absolute atomic E-state index is 6.89. The van der Waals surface area contributed by atoms with E-state index in [1.165, 1.54) is 38.6 Å². The van der Waals surface area contributed by atoms with E-state index in [2.05, 4.69) is 96.0 Å². The molecule has 0 aliphatic heterocycles. The summed E-state index contributed by atoms with van der Waals surface area (Å²) in [4.78, 5) is 4.29. The Hall–Kier alpha value is -3.42. The van der Waals surface area contributed by atoms with Gasteiger partial charge in [0.25, 0.3) is 0 Å². The number of rotatable bonds is 2. The van der Waals surface area contributed by atoms with Gasteiger partial charge in [0.05, 0.1) is 5.41 Å². The lowest BCUT2D eigenvalue weighted by Gasteiger charge is -2.33. The largest absolute Gasteiger partial charge is 0.265 e. The number of halogens is 1. The van der Waals surface area contributed by atoms with Crippen molar-refractivity contribution < 1.29 is 0 Å². The monoisotopic (exact) mass is 403 g/mol. The molecule has 30 heavy (non-hydrogen) atoms. The van der Waals surface area contributed by atoms with E-state index in [1.54, 1.807) is 0 Å². The van der Waals surface area contributed by atoms with Crippen molar-refractivity contribution in [3.63, 3.8) is 0 Å². The van der Waals surface area contributed by atoms with Gasteiger partial charge in [-0.05, 0) is 56.8 Å². The van der Waals surface area contributed by atoms with Crippen LogP contribution in [-0.2, 0) is 5.41 Å². The Labute approximate surface area is 180 Å². The topological polar surface area (TPSA) is 12.9 Å². The van der Waals surface area contributed by atoms with Crippen LogP contribution in [-0.4, -0.2) is 4.98 Å². The molecule has 0 spiro atoms. The molecule has 1 aliphatic carbocycles. The van der Waals surface area contributed by atoms with Crippen LogP contribution in [0.2, 0.25) is 5.02 Å². The van der Waals surface area contributed by atoms with Crippen LogP contribution in [0.3, 0.4) is 0 Å². The molecule has 0 saturated carbocycles. The lowest BCUT2D eigenvalue weighted by molar-refractivity contribution is 0.767. The zero-order valence-corrected chi connectivity index (χ0v) is 17.0. The number of nitrogens with zero attached hydrogens (tertiary/aromatic N) is 1. The number of benzene rings is 4. The van der Waals surface area contributed by atoms with Crippen LogP contribution in [0.5, 0.6) is 0 Å². The minimum absolute atomic E-state index is 0.441. The molecule has 1 unspecified atom stereocenters. The Morgan fingerprint density at radius 1 is 0.567 bits per heavy atom. The van der Waals surface area contributed by atoms with Gasteiger partial charge in [-0.15, -0.1) is 0 Å². The van der Waals surface area contributed by atoms with E-state index in [0.29, 0.717) is 0 Å². The lowest BCUT2D eigenvalue weighted by atomic mass is 9.68. The van der Waals surface area contributed by atoms with Gasteiger partial charge >= 0.3 is 0 Å². The van der Waals surface area contributed by atoms with Gasteiger partial charge in [0.2, 0.25) is 0 Å². The molecule has 6 rings (SSSR count). The smallest absolute Gasteiger partial charge is 0.0715 e. The summed E-state index contributed by atoms with van der Waals surface area (Å²) in [7, 11) is 0. The third-order valence-corrected chi connectivity index (χ3v) is 6.64. The predicted octanol–water partition coefficient (Wildman–Crippen LogP) is 7.25. The summed E-state index contributed by atoms with van der Waals surface area (Å²) in [5, 5.41) is 3.24. The Morgan fingerprint density at radius 2 is 1.27 bits per heavy atom. The van der Waals surface area contributed by atoms with Gasteiger partial charge in [0.15, 0.2) is 0 Å². The van der Waals surface area contributed by atoms with Crippen LogP contribution >= 0.6 is 11.6 Å². The van der Waals surface area contributed by atoms with E-state index in [-0.39, 0.29) is 0 Å². The quantitative estimate of drug-likeness (QED) is 0.296. The predicted molar refractivity (Wildman–Crippen MR) is 124 cm³/mol. The molecule has 0 bridgehead atoms. The number of fused-ring (bicyclic) bond motifs is 5. The molecule has 1 heterocycles. The van der Waals surface area contributed by atoms with Crippen molar-refractivity contribution in [2.24, 2.45) is 0 Å². The maximum atomic E-state index is 6.89. The van der Waals surface area contributed by atoms with Gasteiger partial charge < -0.3 is 0 Å². The zero-order valence-electron chi connectivity index (χ0n) is 16.2. The van der Waals surface area contributed by atoms with Gasteiger partial charge in [-0.25, -0.2) is 0 Å². The van der Waals surface area contributed by atoms with Crippen molar-refractivity contribution in [2.45, 2.75) is 5.41 Å². The Morgan fingerprint density at radius 3 is 2.10 bits per heavy atom. The molecule has 4 aromatic carbocycles. The van der Waals surface area contributed by atoms with Gasteiger partial charge in [-0.2, -0.15) is 0 Å². The molecule has 142 valence electrons. The number of hydrogen-bond donors (Lipinski definition) is 0. The average Bonchev–Trinajstić information content (AvgIpc) is 3.13. The molecule has 2 heteroatoms. The molecule has 1 nitrogen and oxygen atoms in total. The Kier molecular flexibility index (Phi) is 3.81. The molecule has 0 saturated heterocycles. The summed E-state index contributed by atoms with van der Waals surface area (Å²) in [5.41, 5.74) is 6.83. The average molecular weight is 404 g/mol. The molecular formula is C28H18ClN. The minimum atomic E-state index is -0.441. The van der Waals surface area contributed by atoms with Gasteiger partial charge in [0.1, 0.15) is 0 Å². The fraction of sp³-hybridized carbons (Fsp3) is 0.0357. The number of pyridine rings is 1. The van der Waals surface area contributed by atoms with Crippen LogP contribution in [0.4, 0.5) is 0 Å². The molecule has 0 N–H and O–H groups in total. The zero-order chi connectivity index (χ0) is 20.1. The van der Waals surface area contributed by atoms with Crippen molar-refractivity contribution in [2.75, 3.05) is 0 Å². The fourth-order valence-electron chi connectivity index (χ4n) is 5.17. The fourth-order valence-corrected chi connectivity index (χ4v) is 5.44. The molecule has 1 aliphatic rings. The van der Waals surface area contributed by atoms with Crippen molar-refractivity contribution >= 4 is 22.4 Å². The molecule has 0 fully saturated rings. The normalized spacial score (nSPS) is 17.0. The molecular weight excluding hydrogens is 386 g/mol. The molecule has 5 aromatic rings. The van der Waals surface area contributed by atoms with E-state index in [9.17, 15) is 0 Å². The summed E-state index contributed by atoms with van der Waals surface area (Å²) in [6.07, 6.45) is 3.76. The van der Waals surface area contributed by atoms with Crippen LogP contribution in [0.1, 0.15) is 22.3 Å². The second kappa shape index (κ2) is 6.55. The SMILES string of the molecule is Clc1cccc2c1-c1c(ccc3ccccc13)C2(c1ccccc1)c1ccncc1. The molecule has 0 radical (unpaired) electrons. The highest BCUT2D eigenvalue weighted by atomic mass is 35.5. The minimum Gasteiger partial charge on any atom is -0.265 e. The van der Waals surface area contributed by atoms with Crippen molar-refractivity contribution in [1.29, 1.82) is 0 Å². The summed E-state index contributed by atoms with van der Waals surface area (Å²) in [6, 6.07) is 34.3. The summed E-state index contributed by atoms with van der Waals surface area (Å²) >= 11 is 6.89. The number of hydrogen-bond acceptors (Lipinski definition) is 1. The van der Waals surface area contributed by atoms with Crippen molar-refractivity contribution in [3.8, 4) is 11.1 Å².